The highest BCUT2D eigenvalue weighted by Crippen LogP contribution is 2.36. The summed E-state index contributed by atoms with van der Waals surface area (Å²) in [7, 11) is 0. The summed E-state index contributed by atoms with van der Waals surface area (Å²) in [4.78, 5) is 9.22. The number of anilines is 1. The van der Waals surface area contributed by atoms with Gasteiger partial charge in [0.05, 0.1) is 12.4 Å². The Labute approximate surface area is 108 Å². The van der Waals surface area contributed by atoms with Crippen molar-refractivity contribution in [2.45, 2.75) is 9.92 Å². The van der Waals surface area contributed by atoms with E-state index in [9.17, 15) is 0 Å². The van der Waals surface area contributed by atoms with E-state index < -0.39 is 0 Å². The maximum atomic E-state index is 5.53. The third kappa shape index (κ3) is 2.33. The quantitative estimate of drug-likeness (QED) is 0.891. The summed E-state index contributed by atoms with van der Waals surface area (Å²) in [6.45, 7) is 1.19. The molecule has 0 saturated heterocycles. The van der Waals surface area contributed by atoms with Crippen LogP contribution in [0.2, 0.25) is 0 Å². The summed E-state index contributed by atoms with van der Waals surface area (Å²) in [5.41, 5.74) is 5.49. The van der Waals surface area contributed by atoms with Crippen LogP contribution in [0.15, 0.2) is 40.5 Å². The zero-order valence-electron chi connectivity index (χ0n) is 9.50. The molecule has 0 bridgehead atoms. The van der Waals surface area contributed by atoms with Crippen molar-refractivity contribution >= 4 is 17.6 Å². The lowest BCUT2D eigenvalue weighted by Crippen LogP contribution is -2.15. The van der Waals surface area contributed by atoms with Gasteiger partial charge in [0.15, 0.2) is 11.5 Å². The van der Waals surface area contributed by atoms with Gasteiger partial charge in [-0.2, -0.15) is 0 Å². The second-order valence-corrected chi connectivity index (χ2v) is 4.78. The molecule has 0 fully saturated rings. The van der Waals surface area contributed by atoms with Crippen LogP contribution in [0.5, 0.6) is 11.5 Å². The largest absolute Gasteiger partial charge is 0.486 e. The first-order chi connectivity index (χ1) is 8.81. The smallest absolute Gasteiger partial charge is 0.162 e. The molecule has 0 spiro atoms. The van der Waals surface area contributed by atoms with E-state index in [2.05, 4.69) is 9.97 Å². The Morgan fingerprint density at radius 2 is 1.89 bits per heavy atom. The summed E-state index contributed by atoms with van der Waals surface area (Å²) < 4.78 is 11.0. The summed E-state index contributed by atoms with van der Waals surface area (Å²) in [6, 6.07) is 5.81. The Morgan fingerprint density at radius 3 is 2.67 bits per heavy atom. The summed E-state index contributed by atoms with van der Waals surface area (Å²) >= 11 is 1.50. The van der Waals surface area contributed by atoms with Crippen LogP contribution in [0.25, 0.3) is 0 Å². The van der Waals surface area contributed by atoms with Crippen LogP contribution in [0, 0.1) is 0 Å². The number of ether oxygens (including phenoxy) is 2. The SMILES string of the molecule is Nc1cnc(Sc2ccc3c(c2)OCCO3)cn1. The molecule has 0 saturated carbocycles. The Balaban J connectivity index is 1.82. The van der Waals surface area contributed by atoms with Crippen molar-refractivity contribution in [3.8, 4) is 11.5 Å². The van der Waals surface area contributed by atoms with E-state index in [1.165, 1.54) is 11.8 Å². The number of rotatable bonds is 2. The Hall–Kier alpha value is -1.95. The topological polar surface area (TPSA) is 70.3 Å². The molecule has 0 aliphatic carbocycles. The van der Waals surface area contributed by atoms with Crippen molar-refractivity contribution in [3.63, 3.8) is 0 Å². The van der Waals surface area contributed by atoms with Crippen LogP contribution < -0.4 is 15.2 Å². The molecule has 0 radical (unpaired) electrons. The van der Waals surface area contributed by atoms with Crippen molar-refractivity contribution in [3.05, 3.63) is 30.6 Å². The molecule has 1 aromatic carbocycles. The summed E-state index contributed by atoms with van der Waals surface area (Å²) in [5, 5.41) is 0.792. The Bertz CT molecular complexity index is 560. The highest BCUT2D eigenvalue weighted by molar-refractivity contribution is 7.99. The maximum absolute atomic E-state index is 5.53. The molecule has 2 heterocycles. The number of fused-ring (bicyclic) bond motifs is 1. The van der Waals surface area contributed by atoms with Crippen LogP contribution in [0.1, 0.15) is 0 Å². The molecule has 5 nitrogen and oxygen atoms in total. The van der Waals surface area contributed by atoms with Gasteiger partial charge < -0.3 is 15.2 Å². The normalized spacial score (nSPS) is 13.3. The zero-order valence-corrected chi connectivity index (χ0v) is 10.3. The minimum absolute atomic E-state index is 0.418. The van der Waals surface area contributed by atoms with Crippen molar-refractivity contribution in [2.24, 2.45) is 0 Å². The molecule has 0 atom stereocenters. The van der Waals surface area contributed by atoms with Crippen LogP contribution in [-0.2, 0) is 0 Å². The molecule has 2 aromatic rings. The molecule has 18 heavy (non-hydrogen) atoms. The third-order valence-electron chi connectivity index (χ3n) is 2.38. The lowest BCUT2D eigenvalue weighted by atomic mass is 10.3. The van der Waals surface area contributed by atoms with E-state index in [0.717, 1.165) is 21.4 Å². The molecule has 0 amide bonds. The van der Waals surface area contributed by atoms with Crippen LogP contribution >= 0.6 is 11.8 Å². The number of nitrogens with two attached hydrogens (primary N) is 1. The first-order valence-electron chi connectivity index (χ1n) is 5.46. The minimum atomic E-state index is 0.418. The van der Waals surface area contributed by atoms with E-state index in [0.29, 0.717) is 19.0 Å². The number of hydrogen-bond donors (Lipinski definition) is 1. The number of nitrogen functional groups attached to an aromatic ring is 1. The van der Waals surface area contributed by atoms with Gasteiger partial charge in [0.1, 0.15) is 24.1 Å². The fraction of sp³-hybridized carbons (Fsp3) is 0.167. The second-order valence-electron chi connectivity index (χ2n) is 3.69. The van der Waals surface area contributed by atoms with E-state index in [1.807, 2.05) is 18.2 Å². The van der Waals surface area contributed by atoms with Gasteiger partial charge in [0.25, 0.3) is 0 Å². The first kappa shape index (κ1) is 11.2. The minimum Gasteiger partial charge on any atom is -0.486 e. The van der Waals surface area contributed by atoms with Gasteiger partial charge in [-0.3, -0.25) is 0 Å². The molecular formula is C12H11N3O2S. The van der Waals surface area contributed by atoms with Crippen LogP contribution in [0.3, 0.4) is 0 Å². The number of nitrogens with zero attached hydrogens (tertiary/aromatic N) is 2. The Kier molecular flexibility index (Phi) is 2.93. The molecule has 1 aliphatic heterocycles. The molecule has 3 rings (SSSR count). The predicted octanol–water partition coefficient (Wildman–Crippen LogP) is 1.98. The van der Waals surface area contributed by atoms with E-state index in [4.69, 9.17) is 15.2 Å². The average Bonchev–Trinajstić information content (AvgIpc) is 2.41. The third-order valence-corrected chi connectivity index (χ3v) is 3.29. The summed E-state index contributed by atoms with van der Waals surface area (Å²) in [5.74, 6) is 1.98. The monoisotopic (exact) mass is 261 g/mol. The van der Waals surface area contributed by atoms with Gasteiger partial charge in [-0.05, 0) is 18.2 Å². The lowest BCUT2D eigenvalue weighted by molar-refractivity contribution is 0.171. The zero-order chi connectivity index (χ0) is 12.4. The average molecular weight is 261 g/mol. The van der Waals surface area contributed by atoms with Crippen molar-refractivity contribution in [1.29, 1.82) is 0 Å². The van der Waals surface area contributed by atoms with Gasteiger partial charge in [0, 0.05) is 4.90 Å². The van der Waals surface area contributed by atoms with Crippen molar-refractivity contribution in [1.82, 2.24) is 9.97 Å². The summed E-state index contributed by atoms with van der Waals surface area (Å²) in [6.07, 6.45) is 3.19. The highest BCUT2D eigenvalue weighted by Gasteiger charge is 2.12. The lowest BCUT2D eigenvalue weighted by Gasteiger charge is -2.18. The first-order valence-corrected chi connectivity index (χ1v) is 6.28. The van der Waals surface area contributed by atoms with E-state index >= 15 is 0 Å². The molecule has 2 N–H and O–H groups in total. The fourth-order valence-corrected chi connectivity index (χ4v) is 2.34. The molecule has 1 aromatic heterocycles. The van der Waals surface area contributed by atoms with E-state index in [1.54, 1.807) is 12.4 Å². The fourth-order valence-electron chi connectivity index (χ4n) is 1.59. The van der Waals surface area contributed by atoms with Crippen LogP contribution in [-0.4, -0.2) is 23.2 Å². The molecule has 6 heteroatoms. The van der Waals surface area contributed by atoms with Crippen LogP contribution in [0.4, 0.5) is 5.82 Å². The molecule has 0 unspecified atom stereocenters. The van der Waals surface area contributed by atoms with E-state index in [-0.39, 0.29) is 0 Å². The molecule has 92 valence electrons. The standard InChI is InChI=1S/C12H11N3O2S/c13-11-6-15-12(7-14-11)18-8-1-2-9-10(5-8)17-4-3-16-9/h1-2,5-7H,3-4H2,(H2,13,14). The number of benzene rings is 1. The highest BCUT2D eigenvalue weighted by atomic mass is 32.2. The maximum Gasteiger partial charge on any atom is 0.162 e. The van der Waals surface area contributed by atoms with Gasteiger partial charge in [-0.15, -0.1) is 0 Å². The van der Waals surface area contributed by atoms with Gasteiger partial charge >= 0.3 is 0 Å². The molecule has 1 aliphatic rings. The second kappa shape index (κ2) is 4.73. The number of hydrogen-bond acceptors (Lipinski definition) is 6. The number of aromatic nitrogens is 2. The molecular weight excluding hydrogens is 250 g/mol. The van der Waals surface area contributed by atoms with Gasteiger partial charge in [0.2, 0.25) is 0 Å². The Morgan fingerprint density at radius 1 is 1.06 bits per heavy atom. The van der Waals surface area contributed by atoms with Crippen molar-refractivity contribution in [2.75, 3.05) is 18.9 Å². The van der Waals surface area contributed by atoms with Gasteiger partial charge in [-0.25, -0.2) is 9.97 Å². The predicted molar refractivity (Wildman–Crippen MR) is 68.0 cm³/mol. The van der Waals surface area contributed by atoms with Crippen molar-refractivity contribution < 1.29 is 9.47 Å². The van der Waals surface area contributed by atoms with Gasteiger partial charge in [-0.1, -0.05) is 11.8 Å².